The first-order valence-electron chi connectivity index (χ1n) is 11.5. The summed E-state index contributed by atoms with van der Waals surface area (Å²) in [5, 5.41) is 10.2. The highest BCUT2D eigenvalue weighted by Gasteiger charge is 2.46. The minimum absolute atomic E-state index is 0.0163. The fourth-order valence-corrected chi connectivity index (χ4v) is 6.78. The molecule has 0 spiro atoms. The van der Waals surface area contributed by atoms with Crippen molar-refractivity contribution in [2.45, 2.75) is 33.6 Å². The average molecular weight is 611 g/mol. The fraction of sp³-hybridized carbons (Fsp3) is 0.167. The number of primary sulfonamides is 2. The van der Waals surface area contributed by atoms with E-state index in [2.05, 4.69) is 0 Å². The SMILES string of the molecule is NS(=O)(=O)c1ccc(CCN(C2CC(=O)N(c3ccc(S(N)(=O)=O)cc3)C2=O)S(=O)(=O)c2ccc(F)cc2)cc1. The first-order valence-corrected chi connectivity index (χ1v) is 16.0. The summed E-state index contributed by atoms with van der Waals surface area (Å²) in [4.78, 5) is 26.4. The van der Waals surface area contributed by atoms with Crippen LogP contribution in [-0.4, -0.2) is 54.0 Å². The molecular formula is C24H23FN4O8S3. The number of imide groups is 1. The molecule has 1 saturated heterocycles. The molecule has 3 aromatic rings. The Morgan fingerprint density at radius 1 is 0.750 bits per heavy atom. The molecule has 12 nitrogen and oxygen atoms in total. The number of nitrogens with zero attached hydrogens (tertiary/aromatic N) is 2. The lowest BCUT2D eigenvalue weighted by Crippen LogP contribution is -2.46. The molecule has 4 rings (SSSR count). The molecule has 0 aromatic heterocycles. The molecule has 16 heteroatoms. The number of carbonyl (C=O) groups is 2. The van der Waals surface area contributed by atoms with E-state index < -0.39 is 60.2 Å². The van der Waals surface area contributed by atoms with Gasteiger partial charge in [-0.2, -0.15) is 4.31 Å². The van der Waals surface area contributed by atoms with E-state index in [9.17, 15) is 39.2 Å². The van der Waals surface area contributed by atoms with Gasteiger partial charge in [0.2, 0.25) is 36.0 Å². The zero-order valence-electron chi connectivity index (χ0n) is 20.5. The maximum Gasteiger partial charge on any atom is 0.252 e. The molecule has 1 atom stereocenters. The van der Waals surface area contributed by atoms with Crippen LogP contribution in [0.1, 0.15) is 12.0 Å². The van der Waals surface area contributed by atoms with Crippen molar-refractivity contribution in [2.75, 3.05) is 11.4 Å². The number of rotatable bonds is 9. The summed E-state index contributed by atoms with van der Waals surface area (Å²) in [7, 11) is -12.4. The molecule has 1 aliphatic heterocycles. The molecule has 1 fully saturated rings. The molecule has 2 amide bonds. The van der Waals surface area contributed by atoms with Crippen LogP contribution in [0.5, 0.6) is 0 Å². The van der Waals surface area contributed by atoms with Crippen molar-refractivity contribution in [2.24, 2.45) is 10.3 Å². The molecule has 4 N–H and O–H groups in total. The van der Waals surface area contributed by atoms with Gasteiger partial charge in [0.05, 0.1) is 26.8 Å². The van der Waals surface area contributed by atoms with Gasteiger partial charge in [-0.25, -0.2) is 44.8 Å². The van der Waals surface area contributed by atoms with E-state index in [1.54, 1.807) is 0 Å². The minimum Gasteiger partial charge on any atom is -0.274 e. The van der Waals surface area contributed by atoms with Gasteiger partial charge in [0.25, 0.3) is 5.91 Å². The number of amides is 2. The number of nitrogens with two attached hydrogens (primary N) is 2. The van der Waals surface area contributed by atoms with Crippen molar-refractivity contribution >= 4 is 47.6 Å². The van der Waals surface area contributed by atoms with Crippen molar-refractivity contribution in [3.8, 4) is 0 Å². The van der Waals surface area contributed by atoms with Crippen LogP contribution >= 0.6 is 0 Å². The lowest BCUT2D eigenvalue weighted by molar-refractivity contribution is -0.122. The fourth-order valence-electron chi connectivity index (χ4n) is 4.17. The average Bonchev–Trinajstić information content (AvgIpc) is 3.16. The zero-order valence-corrected chi connectivity index (χ0v) is 23.0. The van der Waals surface area contributed by atoms with Crippen LogP contribution in [0.3, 0.4) is 0 Å². The number of sulfonamides is 3. The summed E-state index contributed by atoms with van der Waals surface area (Å²) in [6, 6.07) is 12.5. The van der Waals surface area contributed by atoms with Gasteiger partial charge in [0.1, 0.15) is 11.9 Å². The van der Waals surface area contributed by atoms with Crippen molar-refractivity contribution in [1.82, 2.24) is 4.31 Å². The number of hydrogen-bond donors (Lipinski definition) is 2. The van der Waals surface area contributed by atoms with Crippen LogP contribution in [0, 0.1) is 5.82 Å². The first-order chi connectivity index (χ1) is 18.6. The Bertz CT molecular complexity index is 1780. The quantitative estimate of drug-likeness (QED) is 0.330. The molecule has 1 aliphatic rings. The van der Waals surface area contributed by atoms with E-state index in [0.29, 0.717) is 5.56 Å². The monoisotopic (exact) mass is 610 g/mol. The highest BCUT2D eigenvalue weighted by atomic mass is 32.2. The Hall–Kier alpha value is -3.54. The van der Waals surface area contributed by atoms with Crippen LogP contribution in [0.25, 0.3) is 0 Å². The second-order valence-electron chi connectivity index (χ2n) is 8.83. The number of hydrogen-bond acceptors (Lipinski definition) is 8. The van der Waals surface area contributed by atoms with Gasteiger partial charge in [-0.3, -0.25) is 9.59 Å². The molecule has 3 aromatic carbocycles. The van der Waals surface area contributed by atoms with Crippen molar-refractivity contribution < 1.29 is 39.2 Å². The van der Waals surface area contributed by atoms with Crippen LogP contribution in [-0.2, 0) is 46.1 Å². The van der Waals surface area contributed by atoms with Crippen LogP contribution < -0.4 is 15.2 Å². The summed E-state index contributed by atoms with van der Waals surface area (Å²) in [5.74, 6) is -2.28. The Morgan fingerprint density at radius 3 is 1.73 bits per heavy atom. The number of benzene rings is 3. The summed E-state index contributed by atoms with van der Waals surface area (Å²) in [6.07, 6.45) is -0.493. The molecule has 1 unspecified atom stereocenters. The third kappa shape index (κ3) is 6.11. The van der Waals surface area contributed by atoms with Gasteiger partial charge in [0, 0.05) is 6.54 Å². The lowest BCUT2D eigenvalue weighted by atomic mass is 10.1. The lowest BCUT2D eigenvalue weighted by Gasteiger charge is -2.27. The highest BCUT2D eigenvalue weighted by Crippen LogP contribution is 2.30. The van der Waals surface area contributed by atoms with Gasteiger partial charge in [-0.15, -0.1) is 0 Å². The molecule has 212 valence electrons. The predicted octanol–water partition coefficient (Wildman–Crippen LogP) is 0.686. The third-order valence-electron chi connectivity index (χ3n) is 6.19. The van der Waals surface area contributed by atoms with Gasteiger partial charge >= 0.3 is 0 Å². The van der Waals surface area contributed by atoms with E-state index >= 15 is 0 Å². The van der Waals surface area contributed by atoms with E-state index in [1.807, 2.05) is 0 Å². The van der Waals surface area contributed by atoms with E-state index in [1.165, 1.54) is 36.4 Å². The summed E-state index contributed by atoms with van der Waals surface area (Å²) < 4.78 is 87.8. The highest BCUT2D eigenvalue weighted by molar-refractivity contribution is 7.89. The second-order valence-corrected chi connectivity index (χ2v) is 13.8. The molecule has 40 heavy (non-hydrogen) atoms. The van der Waals surface area contributed by atoms with Crippen molar-refractivity contribution in [3.05, 3.63) is 84.2 Å². The predicted molar refractivity (Wildman–Crippen MR) is 141 cm³/mol. The standard InChI is InChI=1S/C24H23FN4O8S3/c25-17-3-9-21(10-4-17)40(36,37)28(14-13-16-1-7-19(8-2-16)38(26,32)33)22-15-23(30)29(24(22)31)18-5-11-20(12-6-18)39(27,34)35/h1-12,22H,13-15H2,(H2,26,32,33)(H2,27,34,35). The maximum atomic E-state index is 13.6. The normalized spacial score (nSPS) is 16.6. The largest absolute Gasteiger partial charge is 0.274 e. The smallest absolute Gasteiger partial charge is 0.252 e. The Morgan fingerprint density at radius 2 is 1.23 bits per heavy atom. The maximum absolute atomic E-state index is 13.6. The van der Waals surface area contributed by atoms with E-state index in [4.69, 9.17) is 10.3 Å². The number of anilines is 1. The van der Waals surface area contributed by atoms with Crippen LogP contribution in [0.4, 0.5) is 10.1 Å². The molecular weight excluding hydrogens is 587 g/mol. The first kappa shape index (κ1) is 29.4. The Balaban J connectivity index is 1.68. The van der Waals surface area contributed by atoms with E-state index in [0.717, 1.165) is 45.6 Å². The third-order valence-corrected chi connectivity index (χ3v) is 9.97. The van der Waals surface area contributed by atoms with Crippen molar-refractivity contribution in [1.29, 1.82) is 0 Å². The topological polar surface area (TPSA) is 195 Å². The summed E-state index contributed by atoms with van der Waals surface area (Å²) in [6.45, 7) is -0.295. The Labute approximate surface area is 230 Å². The summed E-state index contributed by atoms with van der Waals surface area (Å²) >= 11 is 0. The Kier molecular flexibility index (Phi) is 7.94. The van der Waals surface area contributed by atoms with Crippen molar-refractivity contribution in [3.63, 3.8) is 0 Å². The molecule has 0 radical (unpaired) electrons. The van der Waals surface area contributed by atoms with E-state index in [-0.39, 0.29) is 33.3 Å². The molecule has 1 heterocycles. The van der Waals surface area contributed by atoms with Gasteiger partial charge in [0.15, 0.2) is 0 Å². The zero-order chi connectivity index (χ0) is 29.5. The van der Waals surface area contributed by atoms with Crippen LogP contribution in [0.2, 0.25) is 0 Å². The minimum atomic E-state index is -4.44. The number of halogens is 1. The summed E-state index contributed by atoms with van der Waals surface area (Å²) in [5.41, 5.74) is 0.529. The molecule has 0 saturated carbocycles. The molecule has 0 aliphatic carbocycles. The number of carbonyl (C=O) groups excluding carboxylic acids is 2. The van der Waals surface area contributed by atoms with Gasteiger partial charge in [-0.05, 0) is 72.6 Å². The van der Waals surface area contributed by atoms with Gasteiger partial charge < -0.3 is 0 Å². The second kappa shape index (κ2) is 10.8. The van der Waals surface area contributed by atoms with Gasteiger partial charge in [-0.1, -0.05) is 12.1 Å². The van der Waals surface area contributed by atoms with Crippen LogP contribution in [0.15, 0.2) is 87.5 Å². The molecule has 0 bridgehead atoms.